The van der Waals surface area contributed by atoms with E-state index in [0.29, 0.717) is 0 Å². The molecule has 160 valence electrons. The van der Waals surface area contributed by atoms with E-state index >= 15 is 0 Å². The first-order chi connectivity index (χ1) is 11.4. The summed E-state index contributed by atoms with van der Waals surface area (Å²) in [5.74, 6) is 0. The summed E-state index contributed by atoms with van der Waals surface area (Å²) in [7, 11) is -4.10. The Hall–Kier alpha value is 1.17. The van der Waals surface area contributed by atoms with Crippen LogP contribution in [0.3, 0.4) is 0 Å². The Labute approximate surface area is 210 Å². The molecule has 0 amide bonds. The van der Waals surface area contributed by atoms with Crippen LogP contribution in [0.4, 0.5) is 0 Å². The molecule has 0 saturated carbocycles. The summed E-state index contributed by atoms with van der Waals surface area (Å²) >= 11 is 0. The van der Waals surface area contributed by atoms with Gasteiger partial charge in [0.2, 0.25) is 0 Å². The van der Waals surface area contributed by atoms with Crippen molar-refractivity contribution >= 4 is 32.3 Å². The Morgan fingerprint density at radius 1 is 0.500 bits per heavy atom. The molecule has 0 radical (unpaired) electrons. The molecule has 0 heterocycles. The second-order valence-corrected chi connectivity index (χ2v) is 32.5. The molecule has 2 rings (SSSR count). The molecule has 0 aromatic rings. The van der Waals surface area contributed by atoms with E-state index in [0.717, 1.165) is 0 Å². The Kier molecular flexibility index (Phi) is 12.5. The van der Waals surface area contributed by atoms with E-state index in [9.17, 15) is 0 Å². The zero-order valence-electron chi connectivity index (χ0n) is 20.6. The van der Waals surface area contributed by atoms with Crippen molar-refractivity contribution in [2.45, 2.75) is 91.4 Å². The van der Waals surface area contributed by atoms with Gasteiger partial charge >= 0.3 is 0 Å². The molecule has 2 aliphatic rings. The normalized spacial score (nSPS) is 17.3. The fourth-order valence-corrected chi connectivity index (χ4v) is 8.68. The van der Waals surface area contributed by atoms with Gasteiger partial charge < -0.3 is 12.4 Å². The zero-order chi connectivity index (χ0) is 20.6. The maximum atomic E-state index is 2.51. The van der Waals surface area contributed by atoms with Gasteiger partial charge in [0.25, 0.3) is 0 Å². The van der Waals surface area contributed by atoms with Crippen molar-refractivity contribution in [3.8, 4) is 0 Å². The number of halogens is 1. The van der Waals surface area contributed by atoms with Crippen molar-refractivity contribution in [2.75, 3.05) is 0 Å². The van der Waals surface area contributed by atoms with Crippen molar-refractivity contribution in [3.63, 3.8) is 0 Å². The van der Waals surface area contributed by atoms with Gasteiger partial charge in [-0.1, -0.05) is 124 Å². The summed E-state index contributed by atoms with van der Waals surface area (Å²) in [6.07, 6.45) is 12.5. The average Bonchev–Trinajstić information content (AvgIpc) is 3.06. The molecule has 0 aliphatic heterocycles. The number of rotatable bonds is 4. The molecule has 0 bridgehead atoms. The molecular formula is C22H44ClSi4U-. The topological polar surface area (TPSA) is 0 Å². The van der Waals surface area contributed by atoms with Gasteiger partial charge in [-0.25, -0.2) is 0 Å². The van der Waals surface area contributed by atoms with Gasteiger partial charge in [-0.3, -0.25) is 0 Å². The molecule has 0 atom stereocenters. The van der Waals surface area contributed by atoms with Crippen LogP contribution in [-0.2, 0) is 0 Å². The van der Waals surface area contributed by atoms with E-state index < -0.39 is 32.3 Å². The molecule has 0 aromatic heterocycles. The second kappa shape index (κ2) is 11.2. The van der Waals surface area contributed by atoms with Crippen molar-refractivity contribution in [1.82, 2.24) is 0 Å². The van der Waals surface area contributed by atoms with E-state index in [-0.39, 0.29) is 43.5 Å². The van der Waals surface area contributed by atoms with Crippen LogP contribution in [0.15, 0.2) is 45.1 Å². The summed E-state index contributed by atoms with van der Waals surface area (Å²) in [6, 6.07) is 0. The Balaban J connectivity index is 0. The van der Waals surface area contributed by atoms with Crippen molar-refractivity contribution < 1.29 is 43.5 Å². The van der Waals surface area contributed by atoms with Crippen molar-refractivity contribution in [1.29, 1.82) is 0 Å². The Morgan fingerprint density at radius 3 is 0.857 bits per heavy atom. The van der Waals surface area contributed by atoms with Gasteiger partial charge in [0, 0.05) is 31.1 Å². The Morgan fingerprint density at radius 2 is 0.750 bits per heavy atom. The minimum atomic E-state index is -1.04. The standard InChI is InChI=1S/2C11H22Si2.ClH.U/c2*1-12(2,3)10-7-8-11(9-10)13(4,5)6;;/h2*7,9H,8H2,1-6H3;1H;/p-1. The van der Waals surface area contributed by atoms with Crippen LogP contribution in [0.25, 0.3) is 0 Å². The van der Waals surface area contributed by atoms with Gasteiger partial charge in [-0.05, 0) is 12.8 Å². The number of hydrogen-bond acceptors (Lipinski definition) is 0. The first-order valence-corrected chi connectivity index (χ1v) is 24.3. The molecular weight excluding hydrogens is 650 g/mol. The van der Waals surface area contributed by atoms with Gasteiger partial charge in [-0.2, -0.15) is 0 Å². The first kappa shape index (κ1) is 31.4. The predicted molar refractivity (Wildman–Crippen MR) is 135 cm³/mol. The third-order valence-electron chi connectivity index (χ3n) is 5.40. The molecule has 2 aliphatic carbocycles. The molecule has 0 saturated heterocycles. The van der Waals surface area contributed by atoms with Crippen LogP contribution in [-0.4, -0.2) is 32.3 Å². The van der Waals surface area contributed by atoms with Crippen LogP contribution in [0.1, 0.15) is 12.8 Å². The summed E-state index contributed by atoms with van der Waals surface area (Å²) in [4.78, 5) is 0. The number of hydrogen-bond donors (Lipinski definition) is 0. The predicted octanol–water partition coefficient (Wildman–Crippen LogP) is 5.00. The number of allylic oxidation sites excluding steroid dienone is 8. The van der Waals surface area contributed by atoms with Gasteiger partial charge in [0.05, 0.1) is 32.3 Å². The van der Waals surface area contributed by atoms with E-state index in [1.165, 1.54) is 12.8 Å². The summed E-state index contributed by atoms with van der Waals surface area (Å²) < 4.78 is 0. The summed E-state index contributed by atoms with van der Waals surface area (Å²) in [6.45, 7) is 29.3. The maximum absolute atomic E-state index is 2.51. The summed E-state index contributed by atoms with van der Waals surface area (Å²) in [5, 5.41) is 6.82. The van der Waals surface area contributed by atoms with E-state index in [2.05, 4.69) is 103 Å². The van der Waals surface area contributed by atoms with Gasteiger partial charge in [0.15, 0.2) is 0 Å². The maximum Gasteiger partial charge on any atom is 0.0771 e. The first-order valence-electron chi connectivity index (χ1n) is 10.3. The molecule has 0 aromatic carbocycles. The van der Waals surface area contributed by atoms with Crippen molar-refractivity contribution in [3.05, 3.63) is 45.1 Å². The molecule has 0 unspecified atom stereocenters. The summed E-state index contributed by atoms with van der Waals surface area (Å²) in [5.41, 5.74) is 0. The third kappa shape index (κ3) is 9.98. The fourth-order valence-electron chi connectivity index (χ4n) is 3.14. The third-order valence-corrected chi connectivity index (χ3v) is 14.1. The van der Waals surface area contributed by atoms with E-state index in [1.54, 1.807) is 20.8 Å². The largest absolute Gasteiger partial charge is 1.00 e. The molecule has 0 nitrogen and oxygen atoms in total. The molecule has 0 fully saturated rings. The van der Waals surface area contributed by atoms with Gasteiger partial charge in [-0.15, -0.1) is 0 Å². The quantitative estimate of drug-likeness (QED) is 0.364. The van der Waals surface area contributed by atoms with E-state index in [1.807, 2.05) is 0 Å². The molecule has 0 N–H and O–H groups in total. The molecule has 6 heteroatoms. The monoisotopic (exact) mass is 693 g/mol. The average molecular weight is 694 g/mol. The molecule has 28 heavy (non-hydrogen) atoms. The van der Waals surface area contributed by atoms with Crippen LogP contribution < -0.4 is 12.4 Å². The molecule has 0 spiro atoms. The Bertz CT molecular complexity index is 588. The smallest absolute Gasteiger partial charge is 0.0771 e. The SMILES string of the molecule is C[Si](C)(C)C1=CCC([Si](C)(C)C)=C1.C[Si](C)(C)C1=CCC([Si](C)(C)C)=C1.[Cl-].[U]. The minimum absolute atomic E-state index is 0. The van der Waals surface area contributed by atoms with Crippen LogP contribution in [0.2, 0.25) is 78.6 Å². The second-order valence-electron chi connectivity index (χ2n) is 12.1. The van der Waals surface area contributed by atoms with Crippen LogP contribution >= 0.6 is 0 Å². The fraction of sp³-hybridized carbons (Fsp3) is 0.636. The van der Waals surface area contributed by atoms with Crippen LogP contribution in [0.5, 0.6) is 0 Å². The van der Waals surface area contributed by atoms with Crippen LogP contribution in [0, 0.1) is 31.1 Å². The van der Waals surface area contributed by atoms with Gasteiger partial charge in [0.1, 0.15) is 0 Å². The zero-order valence-corrected chi connectivity index (χ0v) is 29.5. The minimum Gasteiger partial charge on any atom is -1.00 e. The van der Waals surface area contributed by atoms with E-state index in [4.69, 9.17) is 0 Å². The van der Waals surface area contributed by atoms with Crippen molar-refractivity contribution in [2.24, 2.45) is 0 Å².